The van der Waals surface area contributed by atoms with Crippen LogP contribution in [0.3, 0.4) is 0 Å². The number of aryl methyl sites for hydroxylation is 2. The molecule has 1 unspecified atom stereocenters. The highest BCUT2D eigenvalue weighted by molar-refractivity contribution is 7.09. The summed E-state index contributed by atoms with van der Waals surface area (Å²) < 4.78 is 5.97. The molecule has 2 nitrogen and oxygen atoms in total. The Morgan fingerprint density at radius 3 is 2.83 bits per heavy atom. The van der Waals surface area contributed by atoms with Crippen molar-refractivity contribution >= 4 is 22.9 Å². The van der Waals surface area contributed by atoms with Crippen LogP contribution in [0.25, 0.3) is 0 Å². The number of thiazole rings is 1. The molecule has 4 heteroatoms. The van der Waals surface area contributed by atoms with Crippen LogP contribution in [0.4, 0.5) is 0 Å². The average molecular weight is 282 g/mol. The molecule has 2 rings (SSSR count). The molecule has 0 N–H and O–H groups in total. The van der Waals surface area contributed by atoms with Crippen molar-refractivity contribution in [3.8, 4) is 5.75 Å². The van der Waals surface area contributed by atoms with Crippen LogP contribution in [0.15, 0.2) is 23.6 Å². The van der Waals surface area contributed by atoms with Crippen molar-refractivity contribution in [2.24, 2.45) is 0 Å². The van der Waals surface area contributed by atoms with E-state index in [0.29, 0.717) is 5.88 Å². The van der Waals surface area contributed by atoms with Gasteiger partial charge in [0.25, 0.3) is 0 Å². The normalized spacial score (nSPS) is 12.4. The number of hydrogen-bond donors (Lipinski definition) is 0. The maximum atomic E-state index is 5.97. The first-order chi connectivity index (χ1) is 8.60. The number of benzene rings is 1. The number of halogens is 1. The highest BCUT2D eigenvalue weighted by Gasteiger charge is 2.13. The van der Waals surface area contributed by atoms with E-state index in [-0.39, 0.29) is 6.10 Å². The fraction of sp³-hybridized carbons (Fsp3) is 0.357. The molecule has 2 aromatic rings. The molecule has 0 saturated heterocycles. The van der Waals surface area contributed by atoms with Crippen molar-refractivity contribution in [2.45, 2.75) is 32.8 Å². The van der Waals surface area contributed by atoms with Gasteiger partial charge < -0.3 is 4.74 Å². The lowest BCUT2D eigenvalue weighted by Gasteiger charge is -2.14. The van der Waals surface area contributed by atoms with Gasteiger partial charge in [-0.05, 0) is 38.0 Å². The third-order valence-corrected chi connectivity index (χ3v) is 4.03. The first-order valence-electron chi connectivity index (χ1n) is 5.84. The maximum Gasteiger partial charge on any atom is 0.147 e. The van der Waals surface area contributed by atoms with E-state index >= 15 is 0 Å². The molecule has 0 spiro atoms. The number of rotatable bonds is 4. The second-order valence-electron chi connectivity index (χ2n) is 4.34. The molecule has 1 aromatic carbocycles. The number of ether oxygens (including phenoxy) is 1. The van der Waals surface area contributed by atoms with Crippen LogP contribution in [-0.4, -0.2) is 4.98 Å². The largest absolute Gasteiger partial charge is 0.483 e. The monoisotopic (exact) mass is 281 g/mol. The topological polar surface area (TPSA) is 22.1 Å². The summed E-state index contributed by atoms with van der Waals surface area (Å²) in [6.45, 7) is 6.12. The second-order valence-corrected chi connectivity index (χ2v) is 5.50. The summed E-state index contributed by atoms with van der Waals surface area (Å²) in [7, 11) is 0. The third kappa shape index (κ3) is 3.03. The van der Waals surface area contributed by atoms with Crippen molar-refractivity contribution < 1.29 is 4.74 Å². The number of aromatic nitrogens is 1. The highest BCUT2D eigenvalue weighted by atomic mass is 35.5. The van der Waals surface area contributed by atoms with Gasteiger partial charge in [0.2, 0.25) is 0 Å². The summed E-state index contributed by atoms with van der Waals surface area (Å²) in [4.78, 5) is 4.44. The zero-order valence-electron chi connectivity index (χ0n) is 10.7. The lowest BCUT2D eigenvalue weighted by molar-refractivity contribution is 0.224. The van der Waals surface area contributed by atoms with Gasteiger partial charge >= 0.3 is 0 Å². The molecule has 0 saturated carbocycles. The first-order valence-corrected chi connectivity index (χ1v) is 7.25. The molecule has 0 fully saturated rings. The Balaban J connectivity index is 2.15. The van der Waals surface area contributed by atoms with Crippen molar-refractivity contribution in [1.82, 2.24) is 4.98 Å². The summed E-state index contributed by atoms with van der Waals surface area (Å²) in [6, 6.07) is 6.22. The lowest BCUT2D eigenvalue weighted by Crippen LogP contribution is -2.04. The fourth-order valence-corrected chi connectivity index (χ4v) is 2.68. The van der Waals surface area contributed by atoms with Gasteiger partial charge in [-0.2, -0.15) is 0 Å². The number of alkyl halides is 1. The van der Waals surface area contributed by atoms with Gasteiger partial charge in [-0.3, -0.25) is 0 Å². The zero-order chi connectivity index (χ0) is 13.1. The van der Waals surface area contributed by atoms with Gasteiger partial charge in [-0.15, -0.1) is 22.9 Å². The van der Waals surface area contributed by atoms with E-state index in [9.17, 15) is 0 Å². The summed E-state index contributed by atoms with van der Waals surface area (Å²) in [6.07, 6.45) is -0.0486. The van der Waals surface area contributed by atoms with Crippen molar-refractivity contribution in [3.05, 3.63) is 45.4 Å². The number of nitrogens with zero attached hydrogens (tertiary/aromatic N) is 1. The maximum absolute atomic E-state index is 5.97. The zero-order valence-corrected chi connectivity index (χ0v) is 12.3. The van der Waals surface area contributed by atoms with Crippen LogP contribution in [0.2, 0.25) is 0 Å². The number of hydrogen-bond acceptors (Lipinski definition) is 3. The van der Waals surface area contributed by atoms with Crippen molar-refractivity contribution in [2.75, 3.05) is 0 Å². The minimum atomic E-state index is -0.0486. The minimum absolute atomic E-state index is 0.0486. The standard InChI is InChI=1S/C14H16ClNOS/c1-9-4-5-10(2)13(6-9)17-11(3)14-16-12(7-15)8-18-14/h4-6,8,11H,7H2,1-3H3. The SMILES string of the molecule is Cc1ccc(C)c(OC(C)c2nc(CCl)cs2)c1. The Labute approximate surface area is 117 Å². The summed E-state index contributed by atoms with van der Waals surface area (Å²) in [5, 5.41) is 2.94. The first kappa shape index (κ1) is 13.4. The quantitative estimate of drug-likeness (QED) is 0.762. The van der Waals surface area contributed by atoms with Gasteiger partial charge in [-0.1, -0.05) is 12.1 Å². The van der Waals surface area contributed by atoms with Gasteiger partial charge in [0, 0.05) is 5.38 Å². The predicted octanol–water partition coefficient (Wildman–Crippen LogP) is 4.64. The van der Waals surface area contributed by atoms with Crippen LogP contribution in [0, 0.1) is 13.8 Å². The van der Waals surface area contributed by atoms with Crippen LogP contribution in [0.1, 0.15) is 34.9 Å². The average Bonchev–Trinajstić information content (AvgIpc) is 2.82. The molecule has 0 amide bonds. The molecule has 0 radical (unpaired) electrons. The molecule has 0 aliphatic heterocycles. The Hall–Kier alpha value is -1.06. The van der Waals surface area contributed by atoms with Crippen LogP contribution >= 0.6 is 22.9 Å². The van der Waals surface area contributed by atoms with Crippen LogP contribution < -0.4 is 4.74 Å². The van der Waals surface area contributed by atoms with Gasteiger partial charge in [0.05, 0.1) is 11.6 Å². The summed E-state index contributed by atoms with van der Waals surface area (Å²) in [5.41, 5.74) is 3.25. The molecule has 0 bridgehead atoms. The van der Waals surface area contributed by atoms with E-state index in [1.165, 1.54) is 5.56 Å². The van der Waals surface area contributed by atoms with Gasteiger partial charge in [0.15, 0.2) is 0 Å². The van der Waals surface area contributed by atoms with Gasteiger partial charge in [-0.25, -0.2) is 4.98 Å². The predicted molar refractivity (Wildman–Crippen MR) is 76.6 cm³/mol. The van der Waals surface area contributed by atoms with E-state index in [0.717, 1.165) is 22.0 Å². The Morgan fingerprint density at radius 1 is 1.39 bits per heavy atom. The lowest BCUT2D eigenvalue weighted by atomic mass is 10.1. The van der Waals surface area contributed by atoms with E-state index < -0.39 is 0 Å². The van der Waals surface area contributed by atoms with Crippen LogP contribution in [-0.2, 0) is 5.88 Å². The van der Waals surface area contributed by atoms with E-state index in [2.05, 4.69) is 30.1 Å². The van der Waals surface area contributed by atoms with Crippen molar-refractivity contribution in [1.29, 1.82) is 0 Å². The molecule has 18 heavy (non-hydrogen) atoms. The van der Waals surface area contributed by atoms with E-state index in [4.69, 9.17) is 16.3 Å². The second kappa shape index (κ2) is 5.72. The van der Waals surface area contributed by atoms with Crippen molar-refractivity contribution in [3.63, 3.8) is 0 Å². The van der Waals surface area contributed by atoms with Gasteiger partial charge in [0.1, 0.15) is 16.9 Å². The molecular formula is C14H16ClNOS. The highest BCUT2D eigenvalue weighted by Crippen LogP contribution is 2.27. The molecule has 1 aromatic heterocycles. The Morgan fingerprint density at radius 2 is 2.17 bits per heavy atom. The smallest absolute Gasteiger partial charge is 0.147 e. The molecular weight excluding hydrogens is 266 g/mol. The molecule has 1 atom stereocenters. The fourth-order valence-electron chi connectivity index (χ4n) is 1.65. The molecule has 96 valence electrons. The van der Waals surface area contributed by atoms with Crippen LogP contribution in [0.5, 0.6) is 5.75 Å². The summed E-state index contributed by atoms with van der Waals surface area (Å²) >= 11 is 7.35. The minimum Gasteiger partial charge on any atom is -0.483 e. The summed E-state index contributed by atoms with van der Waals surface area (Å²) in [5.74, 6) is 1.37. The molecule has 0 aliphatic rings. The third-order valence-electron chi connectivity index (χ3n) is 2.70. The Bertz CT molecular complexity index is 538. The van der Waals surface area contributed by atoms with E-state index in [1.54, 1.807) is 11.3 Å². The molecule has 0 aliphatic carbocycles. The molecule has 1 heterocycles. The Kier molecular flexibility index (Phi) is 4.25. The van der Waals surface area contributed by atoms with E-state index in [1.807, 2.05) is 19.2 Å².